The number of carbonyl (C=O) groups excluding carboxylic acids is 2. The fourth-order valence-electron chi connectivity index (χ4n) is 2.64. The Morgan fingerprint density at radius 2 is 1.92 bits per heavy atom. The summed E-state index contributed by atoms with van der Waals surface area (Å²) in [5, 5.41) is 7.54. The molecule has 0 saturated carbocycles. The zero-order valence-electron chi connectivity index (χ0n) is 15.5. The minimum absolute atomic E-state index is 0.117. The Kier molecular flexibility index (Phi) is 7.81. The number of unbranched alkanes of at least 4 members (excludes halogenated alkanes) is 1. The molecule has 1 heterocycles. The maximum absolute atomic E-state index is 12.2. The molecule has 2 aromatic rings. The van der Waals surface area contributed by atoms with Crippen LogP contribution in [0.1, 0.15) is 48.7 Å². The molecule has 0 aliphatic carbocycles. The van der Waals surface area contributed by atoms with Crippen molar-refractivity contribution in [1.82, 2.24) is 10.6 Å². The van der Waals surface area contributed by atoms with Crippen LogP contribution in [0.15, 0.2) is 41.8 Å². The standard InChI is InChI=1S/C20H26N2O3S/c1-4-5-7-15-9-11-16(12-10-15)18(17-8-6-13-26-17)21-14(2)19(23)22-20(24)25-3/h6,8-14,18,21H,4-5,7H2,1-3H3,(H,22,23,24)/t14-,18-/m1/s1. The molecule has 0 spiro atoms. The highest BCUT2D eigenvalue weighted by molar-refractivity contribution is 7.10. The molecule has 0 fully saturated rings. The predicted molar refractivity (Wildman–Crippen MR) is 104 cm³/mol. The van der Waals surface area contributed by atoms with Crippen LogP contribution in [-0.4, -0.2) is 25.2 Å². The quantitative estimate of drug-likeness (QED) is 0.732. The number of carbonyl (C=O) groups is 2. The van der Waals surface area contributed by atoms with Gasteiger partial charge in [-0.15, -0.1) is 11.3 Å². The van der Waals surface area contributed by atoms with Crippen LogP contribution in [-0.2, 0) is 16.0 Å². The number of nitrogens with one attached hydrogen (secondary N) is 2. The second-order valence-corrected chi connectivity index (χ2v) is 7.14. The van der Waals surface area contributed by atoms with Crippen LogP contribution in [0.2, 0.25) is 0 Å². The van der Waals surface area contributed by atoms with Crippen molar-refractivity contribution >= 4 is 23.3 Å². The van der Waals surface area contributed by atoms with E-state index in [4.69, 9.17) is 0 Å². The van der Waals surface area contributed by atoms with Crippen LogP contribution < -0.4 is 10.6 Å². The average molecular weight is 375 g/mol. The first-order valence-corrected chi connectivity index (χ1v) is 9.70. The minimum atomic E-state index is -0.753. The molecule has 2 atom stereocenters. The summed E-state index contributed by atoms with van der Waals surface area (Å²) < 4.78 is 4.48. The molecule has 2 amide bonds. The smallest absolute Gasteiger partial charge is 0.413 e. The number of thiophene rings is 1. The van der Waals surface area contributed by atoms with Gasteiger partial charge in [0.15, 0.2) is 0 Å². The van der Waals surface area contributed by atoms with E-state index in [-0.39, 0.29) is 6.04 Å². The molecule has 5 nitrogen and oxygen atoms in total. The molecule has 0 radical (unpaired) electrons. The van der Waals surface area contributed by atoms with E-state index in [1.807, 2.05) is 17.5 Å². The van der Waals surface area contributed by atoms with Crippen LogP contribution in [0.25, 0.3) is 0 Å². The van der Waals surface area contributed by atoms with Crippen molar-refractivity contribution in [2.45, 2.75) is 45.2 Å². The van der Waals surface area contributed by atoms with Crippen molar-refractivity contribution in [3.63, 3.8) is 0 Å². The Labute approximate surface area is 158 Å². The van der Waals surface area contributed by atoms with Gasteiger partial charge in [0.2, 0.25) is 5.91 Å². The normalized spacial score (nSPS) is 13.0. The van der Waals surface area contributed by atoms with Crippen LogP contribution in [0.4, 0.5) is 4.79 Å². The number of imide groups is 1. The second kappa shape index (κ2) is 10.1. The summed E-state index contributed by atoms with van der Waals surface area (Å²) in [6, 6.07) is 11.9. The van der Waals surface area contributed by atoms with E-state index in [1.54, 1.807) is 18.3 Å². The predicted octanol–water partition coefficient (Wildman–Crippen LogP) is 4.04. The Morgan fingerprint density at radius 1 is 1.19 bits per heavy atom. The van der Waals surface area contributed by atoms with E-state index < -0.39 is 18.0 Å². The average Bonchev–Trinajstić information content (AvgIpc) is 3.19. The number of rotatable bonds is 8. The van der Waals surface area contributed by atoms with Crippen molar-refractivity contribution < 1.29 is 14.3 Å². The van der Waals surface area contributed by atoms with Crippen molar-refractivity contribution in [3.8, 4) is 0 Å². The van der Waals surface area contributed by atoms with E-state index in [0.29, 0.717) is 0 Å². The van der Waals surface area contributed by atoms with Crippen LogP contribution in [0.5, 0.6) is 0 Å². The first kappa shape index (κ1) is 20.1. The lowest BCUT2D eigenvalue weighted by molar-refractivity contribution is -0.122. The van der Waals surface area contributed by atoms with E-state index in [2.05, 4.69) is 46.6 Å². The maximum atomic E-state index is 12.2. The summed E-state index contributed by atoms with van der Waals surface area (Å²) >= 11 is 1.63. The zero-order valence-corrected chi connectivity index (χ0v) is 16.3. The molecule has 0 saturated heterocycles. The number of alkyl carbamates (subject to hydrolysis) is 1. The van der Waals surface area contributed by atoms with Gasteiger partial charge in [0.05, 0.1) is 19.2 Å². The first-order chi connectivity index (χ1) is 12.5. The lowest BCUT2D eigenvalue weighted by Gasteiger charge is -2.22. The molecule has 6 heteroatoms. The molecule has 2 rings (SSSR count). The maximum Gasteiger partial charge on any atom is 0.413 e. The van der Waals surface area contributed by atoms with Crippen molar-refractivity contribution in [1.29, 1.82) is 0 Å². The Morgan fingerprint density at radius 3 is 2.50 bits per heavy atom. The molecule has 0 aliphatic heterocycles. The summed E-state index contributed by atoms with van der Waals surface area (Å²) in [6.45, 7) is 3.92. The summed E-state index contributed by atoms with van der Waals surface area (Å²) in [7, 11) is 1.23. The van der Waals surface area contributed by atoms with Crippen molar-refractivity contribution in [3.05, 3.63) is 57.8 Å². The van der Waals surface area contributed by atoms with Gasteiger partial charge in [-0.3, -0.25) is 15.4 Å². The van der Waals surface area contributed by atoms with E-state index >= 15 is 0 Å². The van der Waals surface area contributed by atoms with Crippen LogP contribution in [0, 0.1) is 0 Å². The number of ether oxygens (including phenoxy) is 1. The van der Waals surface area contributed by atoms with E-state index in [9.17, 15) is 9.59 Å². The first-order valence-electron chi connectivity index (χ1n) is 8.82. The lowest BCUT2D eigenvalue weighted by atomic mass is 10.0. The lowest BCUT2D eigenvalue weighted by Crippen LogP contribution is -2.45. The summed E-state index contributed by atoms with van der Waals surface area (Å²) in [6.07, 6.45) is 2.67. The molecule has 0 bridgehead atoms. The van der Waals surface area contributed by atoms with Crippen molar-refractivity contribution in [2.24, 2.45) is 0 Å². The minimum Gasteiger partial charge on any atom is -0.453 e. The molecule has 26 heavy (non-hydrogen) atoms. The van der Waals surface area contributed by atoms with E-state index in [0.717, 1.165) is 16.9 Å². The second-order valence-electron chi connectivity index (χ2n) is 6.16. The Hall–Kier alpha value is -2.18. The zero-order chi connectivity index (χ0) is 18.9. The van der Waals surface area contributed by atoms with Gasteiger partial charge in [0.25, 0.3) is 0 Å². The van der Waals surface area contributed by atoms with Gasteiger partial charge in [-0.1, -0.05) is 43.7 Å². The van der Waals surface area contributed by atoms with Gasteiger partial charge in [-0.2, -0.15) is 0 Å². The molecule has 2 N–H and O–H groups in total. The molecule has 0 aliphatic rings. The Balaban J connectivity index is 2.14. The highest BCUT2D eigenvalue weighted by atomic mass is 32.1. The van der Waals surface area contributed by atoms with Gasteiger partial charge >= 0.3 is 6.09 Å². The number of hydrogen-bond acceptors (Lipinski definition) is 5. The number of benzene rings is 1. The number of amides is 2. The summed E-state index contributed by atoms with van der Waals surface area (Å²) in [4.78, 5) is 24.5. The van der Waals surface area contributed by atoms with Crippen LogP contribution in [0.3, 0.4) is 0 Å². The van der Waals surface area contributed by atoms with Crippen molar-refractivity contribution in [2.75, 3.05) is 7.11 Å². The highest BCUT2D eigenvalue weighted by Crippen LogP contribution is 2.27. The fourth-order valence-corrected chi connectivity index (χ4v) is 3.45. The monoisotopic (exact) mass is 374 g/mol. The highest BCUT2D eigenvalue weighted by Gasteiger charge is 2.22. The van der Waals surface area contributed by atoms with Crippen LogP contribution >= 0.6 is 11.3 Å². The topological polar surface area (TPSA) is 67.4 Å². The summed E-state index contributed by atoms with van der Waals surface area (Å²) in [5.74, 6) is -0.419. The molecular formula is C20H26N2O3S. The number of methoxy groups -OCH3 is 1. The van der Waals surface area contributed by atoms with Gasteiger partial charge in [-0.05, 0) is 42.3 Å². The van der Waals surface area contributed by atoms with Gasteiger partial charge in [-0.25, -0.2) is 4.79 Å². The fraction of sp³-hybridized carbons (Fsp3) is 0.400. The third-order valence-corrected chi connectivity index (χ3v) is 5.12. The molecular weight excluding hydrogens is 348 g/mol. The number of aryl methyl sites for hydroxylation is 1. The molecule has 1 aromatic carbocycles. The SMILES string of the molecule is CCCCc1ccc([C@@H](N[C@H](C)C(=O)NC(=O)OC)c2cccs2)cc1. The third-order valence-electron chi connectivity index (χ3n) is 4.18. The van der Waals surface area contributed by atoms with Gasteiger partial charge in [0.1, 0.15) is 0 Å². The molecule has 0 unspecified atom stereocenters. The Bertz CT molecular complexity index is 698. The summed E-state index contributed by atoms with van der Waals surface area (Å²) in [5.41, 5.74) is 2.41. The van der Waals surface area contributed by atoms with Gasteiger partial charge < -0.3 is 4.74 Å². The third kappa shape index (κ3) is 5.68. The van der Waals surface area contributed by atoms with Gasteiger partial charge in [0, 0.05) is 4.88 Å². The number of hydrogen-bond donors (Lipinski definition) is 2. The van der Waals surface area contributed by atoms with E-state index in [1.165, 1.54) is 25.5 Å². The molecule has 1 aromatic heterocycles. The molecule has 140 valence electrons. The largest absolute Gasteiger partial charge is 0.453 e.